The summed E-state index contributed by atoms with van der Waals surface area (Å²) in [7, 11) is 0. The van der Waals surface area contributed by atoms with Crippen LogP contribution in [0.2, 0.25) is 10.0 Å². The first-order valence-electron chi connectivity index (χ1n) is 8.40. The van der Waals surface area contributed by atoms with Crippen LogP contribution in [0.3, 0.4) is 0 Å². The number of hydrogen-bond acceptors (Lipinski definition) is 2. The number of fused-ring (bicyclic) bond motifs is 1. The van der Waals surface area contributed by atoms with Gasteiger partial charge >= 0.3 is 0 Å². The first-order chi connectivity index (χ1) is 12.0. The van der Waals surface area contributed by atoms with Gasteiger partial charge < -0.3 is 5.32 Å². The van der Waals surface area contributed by atoms with E-state index in [1.807, 2.05) is 16.8 Å². The van der Waals surface area contributed by atoms with Gasteiger partial charge in [0.05, 0.1) is 11.4 Å². The number of halogens is 2. The molecule has 0 atom stereocenters. The standard InChI is InChI=1S/C20H19Cl2N3/c1-12-4-3-5-19(13(12)2)25-20-16(8-9-23-20)18(24-25)10-14-6-7-15(21)11-17(14)22/h3-7,11,23H,8-10H2,1-2H3. The van der Waals surface area contributed by atoms with Crippen molar-refractivity contribution in [3.05, 3.63) is 74.4 Å². The van der Waals surface area contributed by atoms with Gasteiger partial charge in [-0.3, -0.25) is 0 Å². The summed E-state index contributed by atoms with van der Waals surface area (Å²) in [5.41, 5.74) is 7.04. The van der Waals surface area contributed by atoms with Crippen molar-refractivity contribution in [3.63, 3.8) is 0 Å². The lowest BCUT2D eigenvalue weighted by Crippen LogP contribution is -2.07. The average molecular weight is 372 g/mol. The van der Waals surface area contributed by atoms with E-state index in [0.717, 1.165) is 35.7 Å². The number of nitrogens with zero attached hydrogens (tertiary/aromatic N) is 2. The lowest BCUT2D eigenvalue weighted by atomic mass is 10.1. The molecule has 0 unspecified atom stereocenters. The van der Waals surface area contributed by atoms with Gasteiger partial charge in [0.1, 0.15) is 5.82 Å². The predicted octanol–water partition coefficient (Wildman–Crippen LogP) is 5.35. The molecule has 1 aliphatic rings. The van der Waals surface area contributed by atoms with Gasteiger partial charge in [-0.25, -0.2) is 4.68 Å². The van der Waals surface area contributed by atoms with Crippen LogP contribution in [0, 0.1) is 13.8 Å². The van der Waals surface area contributed by atoms with Crippen molar-refractivity contribution in [3.8, 4) is 5.69 Å². The normalized spacial score (nSPS) is 13.0. The van der Waals surface area contributed by atoms with Crippen LogP contribution in [0.4, 0.5) is 5.82 Å². The minimum atomic E-state index is 0.654. The number of nitrogens with one attached hydrogen (secondary N) is 1. The lowest BCUT2D eigenvalue weighted by molar-refractivity contribution is 0.833. The molecule has 0 spiro atoms. The molecule has 0 amide bonds. The monoisotopic (exact) mass is 371 g/mol. The third-order valence-electron chi connectivity index (χ3n) is 4.91. The molecule has 0 saturated carbocycles. The van der Waals surface area contributed by atoms with E-state index in [4.69, 9.17) is 28.3 Å². The Morgan fingerprint density at radius 2 is 2.00 bits per heavy atom. The molecule has 1 aromatic heterocycles. The molecular weight excluding hydrogens is 353 g/mol. The van der Waals surface area contributed by atoms with Gasteiger partial charge in [-0.05, 0) is 55.2 Å². The second kappa shape index (κ2) is 6.40. The molecule has 0 saturated heterocycles. The molecule has 128 valence electrons. The Morgan fingerprint density at radius 1 is 1.16 bits per heavy atom. The van der Waals surface area contributed by atoms with Crippen molar-refractivity contribution in [1.82, 2.24) is 9.78 Å². The number of hydrogen-bond donors (Lipinski definition) is 1. The van der Waals surface area contributed by atoms with E-state index in [2.05, 4.69) is 37.4 Å². The fourth-order valence-corrected chi connectivity index (χ4v) is 3.85. The summed E-state index contributed by atoms with van der Waals surface area (Å²) < 4.78 is 2.05. The molecule has 2 heterocycles. The second-order valence-electron chi connectivity index (χ2n) is 6.49. The number of benzene rings is 2. The van der Waals surface area contributed by atoms with Gasteiger partial charge in [0, 0.05) is 28.6 Å². The van der Waals surface area contributed by atoms with Gasteiger partial charge in [0.25, 0.3) is 0 Å². The molecule has 0 bridgehead atoms. The largest absolute Gasteiger partial charge is 0.369 e. The predicted molar refractivity (Wildman–Crippen MR) is 104 cm³/mol. The zero-order valence-electron chi connectivity index (χ0n) is 14.2. The summed E-state index contributed by atoms with van der Waals surface area (Å²) in [6, 6.07) is 12.0. The zero-order valence-corrected chi connectivity index (χ0v) is 15.7. The van der Waals surface area contributed by atoms with Crippen LogP contribution in [0.15, 0.2) is 36.4 Å². The second-order valence-corrected chi connectivity index (χ2v) is 7.34. The molecule has 4 rings (SSSR count). The van der Waals surface area contributed by atoms with Crippen LogP contribution in [0.1, 0.15) is 27.9 Å². The Labute approximate surface area is 157 Å². The molecule has 5 heteroatoms. The Balaban J connectivity index is 1.79. The molecule has 3 aromatic rings. The molecule has 25 heavy (non-hydrogen) atoms. The Kier molecular flexibility index (Phi) is 4.22. The fourth-order valence-electron chi connectivity index (χ4n) is 3.37. The number of aromatic nitrogens is 2. The number of anilines is 1. The van der Waals surface area contributed by atoms with Crippen molar-refractivity contribution < 1.29 is 0 Å². The van der Waals surface area contributed by atoms with Crippen LogP contribution < -0.4 is 5.32 Å². The highest BCUT2D eigenvalue weighted by Gasteiger charge is 2.24. The quantitative estimate of drug-likeness (QED) is 0.671. The van der Waals surface area contributed by atoms with Crippen molar-refractivity contribution in [2.45, 2.75) is 26.7 Å². The molecule has 1 aliphatic heterocycles. The van der Waals surface area contributed by atoms with Crippen LogP contribution >= 0.6 is 23.2 Å². The molecule has 3 nitrogen and oxygen atoms in total. The fraction of sp³-hybridized carbons (Fsp3) is 0.250. The molecule has 0 fully saturated rings. The Hall–Kier alpha value is -1.97. The summed E-state index contributed by atoms with van der Waals surface area (Å²) >= 11 is 12.4. The molecule has 0 aliphatic carbocycles. The molecule has 2 aromatic carbocycles. The van der Waals surface area contributed by atoms with Gasteiger partial charge in [-0.2, -0.15) is 5.10 Å². The summed E-state index contributed by atoms with van der Waals surface area (Å²) in [4.78, 5) is 0. The first-order valence-corrected chi connectivity index (χ1v) is 9.15. The van der Waals surface area contributed by atoms with Crippen LogP contribution in [0.25, 0.3) is 5.69 Å². The van der Waals surface area contributed by atoms with E-state index in [1.54, 1.807) is 6.07 Å². The molecule has 1 N–H and O–H groups in total. The van der Waals surface area contributed by atoms with Crippen molar-refractivity contribution in [2.75, 3.05) is 11.9 Å². The third-order valence-corrected chi connectivity index (χ3v) is 5.50. The average Bonchev–Trinajstić information content (AvgIpc) is 3.17. The van der Waals surface area contributed by atoms with E-state index in [-0.39, 0.29) is 0 Å². The van der Waals surface area contributed by atoms with Crippen molar-refractivity contribution >= 4 is 29.0 Å². The minimum Gasteiger partial charge on any atom is -0.369 e. The van der Waals surface area contributed by atoms with E-state index in [9.17, 15) is 0 Å². The maximum absolute atomic E-state index is 6.37. The van der Waals surface area contributed by atoms with E-state index >= 15 is 0 Å². The minimum absolute atomic E-state index is 0.654. The SMILES string of the molecule is Cc1cccc(-n2nc(Cc3ccc(Cl)cc3Cl)c3c2NCC3)c1C. The maximum Gasteiger partial charge on any atom is 0.133 e. The van der Waals surface area contributed by atoms with Gasteiger partial charge in [-0.15, -0.1) is 0 Å². The summed E-state index contributed by atoms with van der Waals surface area (Å²) in [5, 5.41) is 9.76. The highest BCUT2D eigenvalue weighted by Crippen LogP contribution is 2.33. The van der Waals surface area contributed by atoms with E-state index in [0.29, 0.717) is 16.5 Å². The van der Waals surface area contributed by atoms with Crippen LogP contribution in [0.5, 0.6) is 0 Å². The van der Waals surface area contributed by atoms with E-state index < -0.39 is 0 Å². The van der Waals surface area contributed by atoms with Gasteiger partial charge in [0.15, 0.2) is 0 Å². The Bertz CT molecular complexity index is 960. The van der Waals surface area contributed by atoms with Crippen LogP contribution in [-0.4, -0.2) is 16.3 Å². The lowest BCUT2D eigenvalue weighted by Gasteiger charge is -2.11. The topological polar surface area (TPSA) is 29.9 Å². The number of aryl methyl sites for hydroxylation is 1. The van der Waals surface area contributed by atoms with Crippen molar-refractivity contribution in [2.24, 2.45) is 0 Å². The van der Waals surface area contributed by atoms with Gasteiger partial charge in [-0.1, -0.05) is 41.4 Å². The highest BCUT2D eigenvalue weighted by molar-refractivity contribution is 6.35. The summed E-state index contributed by atoms with van der Waals surface area (Å²) in [5.74, 6) is 1.11. The zero-order chi connectivity index (χ0) is 17.6. The smallest absolute Gasteiger partial charge is 0.133 e. The summed E-state index contributed by atoms with van der Waals surface area (Å²) in [6.07, 6.45) is 1.69. The highest BCUT2D eigenvalue weighted by atomic mass is 35.5. The first kappa shape index (κ1) is 16.5. The molecular formula is C20H19Cl2N3. The Morgan fingerprint density at radius 3 is 2.80 bits per heavy atom. The van der Waals surface area contributed by atoms with Crippen molar-refractivity contribution in [1.29, 1.82) is 0 Å². The number of rotatable bonds is 3. The van der Waals surface area contributed by atoms with E-state index in [1.165, 1.54) is 16.7 Å². The maximum atomic E-state index is 6.37. The molecule has 0 radical (unpaired) electrons. The van der Waals surface area contributed by atoms with Crippen LogP contribution in [-0.2, 0) is 12.8 Å². The third kappa shape index (κ3) is 2.92. The van der Waals surface area contributed by atoms with Gasteiger partial charge in [0.2, 0.25) is 0 Å². The summed E-state index contributed by atoms with van der Waals surface area (Å²) in [6.45, 7) is 5.22.